The molecule has 1 aromatic rings. The second kappa shape index (κ2) is 4.08. The number of nitrogens with two attached hydrogens (primary N) is 1. The summed E-state index contributed by atoms with van der Waals surface area (Å²) in [4.78, 5) is 0. The summed E-state index contributed by atoms with van der Waals surface area (Å²) < 4.78 is 31.6. The van der Waals surface area contributed by atoms with Crippen molar-refractivity contribution in [2.45, 2.75) is 0 Å². The van der Waals surface area contributed by atoms with Crippen molar-refractivity contribution >= 4 is 21.6 Å². The molecule has 0 spiro atoms. The molecule has 1 aliphatic heterocycles. The highest BCUT2D eigenvalue weighted by atomic mass is 32.2. The van der Waals surface area contributed by atoms with Crippen LogP contribution in [0.3, 0.4) is 0 Å². The third-order valence-corrected chi connectivity index (χ3v) is 4.71. The molecule has 0 aromatic heterocycles. The van der Waals surface area contributed by atoms with Gasteiger partial charge in [0.15, 0.2) is 0 Å². The molecule has 1 heterocycles. The van der Waals surface area contributed by atoms with Crippen LogP contribution in [0, 0.1) is 0 Å². The van der Waals surface area contributed by atoms with Crippen LogP contribution in [0.2, 0.25) is 0 Å². The van der Waals surface area contributed by atoms with Gasteiger partial charge in [0.2, 0.25) is 0 Å². The Balaban J connectivity index is 2.39. The molecule has 6 nitrogen and oxygen atoms in total. The van der Waals surface area contributed by atoms with E-state index < -0.39 is 10.2 Å². The van der Waals surface area contributed by atoms with E-state index in [2.05, 4.69) is 0 Å². The van der Waals surface area contributed by atoms with Crippen LogP contribution in [0.25, 0.3) is 0 Å². The number of likely N-dealkylation sites (N-methyl/N-ethyl adjacent to an activating group) is 1. The summed E-state index contributed by atoms with van der Waals surface area (Å²) in [5, 5.41) is 0. The fourth-order valence-corrected chi connectivity index (χ4v) is 3.11. The summed E-state index contributed by atoms with van der Waals surface area (Å²) in [5.41, 5.74) is 6.75. The summed E-state index contributed by atoms with van der Waals surface area (Å²) in [6.45, 7) is 0.916. The zero-order valence-electron chi connectivity index (χ0n) is 9.75. The van der Waals surface area contributed by atoms with Crippen molar-refractivity contribution in [1.82, 2.24) is 4.31 Å². The van der Waals surface area contributed by atoms with E-state index in [1.165, 1.54) is 15.7 Å². The van der Waals surface area contributed by atoms with Gasteiger partial charge in [-0.15, -0.1) is 0 Å². The van der Waals surface area contributed by atoms with Gasteiger partial charge >= 0.3 is 10.2 Å². The SMILES string of the molecule is COc1ccc(N2CCN(C)S2(=O)=O)cc1N. The maximum Gasteiger partial charge on any atom is 0.303 e. The van der Waals surface area contributed by atoms with E-state index in [9.17, 15) is 8.42 Å². The molecule has 1 fully saturated rings. The summed E-state index contributed by atoms with van der Waals surface area (Å²) in [6, 6.07) is 4.96. The average molecular weight is 257 g/mol. The molecule has 1 saturated heterocycles. The number of nitrogen functional groups attached to an aromatic ring is 1. The van der Waals surface area contributed by atoms with Crippen molar-refractivity contribution in [1.29, 1.82) is 0 Å². The van der Waals surface area contributed by atoms with Gasteiger partial charge in [0, 0.05) is 20.1 Å². The molecule has 1 aromatic carbocycles. The molecule has 2 rings (SSSR count). The first-order valence-electron chi connectivity index (χ1n) is 5.14. The van der Waals surface area contributed by atoms with E-state index in [1.807, 2.05) is 0 Å². The van der Waals surface area contributed by atoms with Gasteiger partial charge < -0.3 is 10.5 Å². The van der Waals surface area contributed by atoms with Crippen LogP contribution in [-0.4, -0.2) is 40.0 Å². The van der Waals surface area contributed by atoms with Crippen molar-refractivity contribution in [2.75, 3.05) is 37.3 Å². The number of hydrogen-bond acceptors (Lipinski definition) is 4. The highest BCUT2D eigenvalue weighted by molar-refractivity contribution is 7.90. The lowest BCUT2D eigenvalue weighted by Gasteiger charge is -2.18. The first-order valence-corrected chi connectivity index (χ1v) is 6.54. The van der Waals surface area contributed by atoms with Gasteiger partial charge in [0.25, 0.3) is 0 Å². The third kappa shape index (κ3) is 1.91. The van der Waals surface area contributed by atoms with E-state index in [0.29, 0.717) is 30.2 Å². The quantitative estimate of drug-likeness (QED) is 0.772. The van der Waals surface area contributed by atoms with Gasteiger partial charge in [0.1, 0.15) is 5.75 Å². The fourth-order valence-electron chi connectivity index (χ4n) is 1.77. The van der Waals surface area contributed by atoms with Crippen LogP contribution in [0.4, 0.5) is 11.4 Å². The van der Waals surface area contributed by atoms with Gasteiger partial charge in [0.05, 0.1) is 18.5 Å². The van der Waals surface area contributed by atoms with Gasteiger partial charge in [-0.1, -0.05) is 0 Å². The Morgan fingerprint density at radius 2 is 2.06 bits per heavy atom. The monoisotopic (exact) mass is 257 g/mol. The Kier molecular flexibility index (Phi) is 2.88. The number of benzene rings is 1. The first kappa shape index (κ1) is 12.0. The minimum Gasteiger partial charge on any atom is -0.495 e. The average Bonchev–Trinajstić information content (AvgIpc) is 2.54. The maximum atomic E-state index is 11.9. The zero-order chi connectivity index (χ0) is 12.6. The van der Waals surface area contributed by atoms with Crippen LogP contribution in [0.5, 0.6) is 5.75 Å². The molecule has 0 unspecified atom stereocenters. The minimum atomic E-state index is -3.38. The van der Waals surface area contributed by atoms with Crippen molar-refractivity contribution in [3.05, 3.63) is 18.2 Å². The first-order chi connectivity index (χ1) is 7.96. The molecule has 2 N–H and O–H groups in total. The lowest BCUT2D eigenvalue weighted by atomic mass is 10.2. The van der Waals surface area contributed by atoms with Gasteiger partial charge in [-0.2, -0.15) is 12.7 Å². The minimum absolute atomic E-state index is 0.426. The summed E-state index contributed by atoms with van der Waals surface area (Å²) in [7, 11) is -0.308. The van der Waals surface area contributed by atoms with Crippen LogP contribution < -0.4 is 14.8 Å². The van der Waals surface area contributed by atoms with Crippen LogP contribution >= 0.6 is 0 Å². The topological polar surface area (TPSA) is 75.9 Å². The molecule has 0 saturated carbocycles. The molecule has 94 valence electrons. The molecule has 7 heteroatoms. The van der Waals surface area contributed by atoms with Crippen molar-refractivity contribution in [3.8, 4) is 5.75 Å². The Bertz CT molecular complexity index is 530. The molecule has 0 bridgehead atoms. The van der Waals surface area contributed by atoms with Crippen LogP contribution in [-0.2, 0) is 10.2 Å². The summed E-state index contributed by atoms with van der Waals surface area (Å²) in [5.74, 6) is 0.540. The third-order valence-electron chi connectivity index (χ3n) is 2.79. The lowest BCUT2D eigenvalue weighted by molar-refractivity contribution is 0.417. The molecular weight excluding hydrogens is 242 g/mol. The molecule has 0 amide bonds. The van der Waals surface area contributed by atoms with Gasteiger partial charge in [-0.05, 0) is 18.2 Å². The van der Waals surface area contributed by atoms with Crippen molar-refractivity contribution in [3.63, 3.8) is 0 Å². The van der Waals surface area contributed by atoms with E-state index in [1.54, 1.807) is 25.2 Å². The predicted octanol–water partition coefficient (Wildman–Crippen LogP) is 0.274. The standard InChI is InChI=1S/C10H15N3O3S/c1-12-5-6-13(17(12,14)15)8-3-4-10(16-2)9(11)7-8/h3-4,7H,5-6,11H2,1-2H3. The number of nitrogens with zero attached hydrogens (tertiary/aromatic N) is 2. The number of hydrogen-bond donors (Lipinski definition) is 1. The number of methoxy groups -OCH3 is 1. The van der Waals surface area contributed by atoms with E-state index in [4.69, 9.17) is 10.5 Å². The molecule has 0 atom stereocenters. The number of ether oxygens (including phenoxy) is 1. The molecular formula is C10H15N3O3S. The number of anilines is 2. The van der Waals surface area contributed by atoms with Crippen LogP contribution in [0.1, 0.15) is 0 Å². The smallest absolute Gasteiger partial charge is 0.303 e. The Hall–Kier alpha value is -1.47. The fraction of sp³-hybridized carbons (Fsp3) is 0.400. The maximum absolute atomic E-state index is 11.9. The highest BCUT2D eigenvalue weighted by Crippen LogP contribution is 2.30. The second-order valence-corrected chi connectivity index (χ2v) is 5.79. The molecule has 17 heavy (non-hydrogen) atoms. The second-order valence-electron chi connectivity index (χ2n) is 3.83. The van der Waals surface area contributed by atoms with Crippen molar-refractivity contribution < 1.29 is 13.2 Å². The number of rotatable bonds is 2. The highest BCUT2D eigenvalue weighted by Gasteiger charge is 2.33. The predicted molar refractivity (Wildman–Crippen MR) is 66.3 cm³/mol. The Morgan fingerprint density at radius 1 is 1.35 bits per heavy atom. The largest absolute Gasteiger partial charge is 0.495 e. The Labute approximate surface area is 101 Å². The molecule has 0 radical (unpaired) electrons. The summed E-state index contributed by atoms with van der Waals surface area (Å²) >= 11 is 0. The Morgan fingerprint density at radius 3 is 2.53 bits per heavy atom. The van der Waals surface area contributed by atoms with Crippen LogP contribution in [0.15, 0.2) is 18.2 Å². The zero-order valence-corrected chi connectivity index (χ0v) is 10.6. The van der Waals surface area contributed by atoms with Crippen molar-refractivity contribution in [2.24, 2.45) is 0 Å². The summed E-state index contributed by atoms with van der Waals surface area (Å²) in [6.07, 6.45) is 0. The molecule has 0 aliphatic carbocycles. The van der Waals surface area contributed by atoms with E-state index in [-0.39, 0.29) is 0 Å². The van der Waals surface area contributed by atoms with E-state index >= 15 is 0 Å². The lowest BCUT2D eigenvalue weighted by Crippen LogP contribution is -2.30. The normalized spacial score (nSPS) is 19.5. The van der Waals surface area contributed by atoms with Gasteiger partial charge in [-0.25, -0.2) is 0 Å². The van der Waals surface area contributed by atoms with Gasteiger partial charge in [-0.3, -0.25) is 4.31 Å². The van der Waals surface area contributed by atoms with E-state index in [0.717, 1.165) is 0 Å². The molecule has 1 aliphatic rings.